The second-order valence-corrected chi connectivity index (χ2v) is 4.43. The Balaban J connectivity index is 2.21. The maximum atomic E-state index is 12.0. The van der Waals surface area contributed by atoms with Crippen molar-refractivity contribution in [3.05, 3.63) is 48.0 Å². The smallest absolute Gasteiger partial charge is 0.261 e. The lowest BCUT2D eigenvalue weighted by Gasteiger charge is -2.21. The Morgan fingerprint density at radius 3 is 2.22 bits per heavy atom. The molecule has 0 fully saturated rings. The molecule has 1 heterocycles. The van der Waals surface area contributed by atoms with Gasteiger partial charge in [0.25, 0.3) is 11.8 Å². The van der Waals surface area contributed by atoms with Crippen LogP contribution in [0.3, 0.4) is 0 Å². The van der Waals surface area contributed by atoms with Crippen LogP contribution in [0.1, 0.15) is 27.6 Å². The average molecular weight is 245 g/mol. The van der Waals surface area contributed by atoms with Crippen LogP contribution in [0.2, 0.25) is 0 Å². The Hall–Kier alpha value is -1.94. The molecule has 18 heavy (non-hydrogen) atoms. The minimum absolute atomic E-state index is 0.000463. The van der Waals surface area contributed by atoms with Gasteiger partial charge in [-0.15, -0.1) is 6.58 Å². The number of amides is 2. The highest BCUT2D eigenvalue weighted by molar-refractivity contribution is 6.21. The van der Waals surface area contributed by atoms with Gasteiger partial charge in [0.2, 0.25) is 0 Å². The van der Waals surface area contributed by atoms with Crippen molar-refractivity contribution in [2.45, 2.75) is 13.0 Å². The summed E-state index contributed by atoms with van der Waals surface area (Å²) in [5.74, 6) is -0.855. The number of carbonyl (C=O) groups is 2. The van der Waals surface area contributed by atoms with Gasteiger partial charge in [0.15, 0.2) is 0 Å². The highest BCUT2D eigenvalue weighted by Gasteiger charge is 2.36. The molecule has 4 heteroatoms. The molecule has 0 aliphatic carbocycles. The number of hydrogen-bond acceptors (Lipinski definition) is 3. The third-order valence-electron chi connectivity index (χ3n) is 3.23. The van der Waals surface area contributed by atoms with Crippen molar-refractivity contribution in [2.75, 3.05) is 6.54 Å². The molecule has 1 aliphatic rings. The maximum absolute atomic E-state index is 12.0. The van der Waals surface area contributed by atoms with Gasteiger partial charge in [-0.05, 0) is 12.1 Å². The first-order chi connectivity index (χ1) is 8.56. The zero-order valence-electron chi connectivity index (χ0n) is 10.2. The lowest BCUT2D eigenvalue weighted by atomic mass is 10.1. The van der Waals surface area contributed by atoms with Crippen LogP contribution in [0.25, 0.3) is 0 Å². The van der Waals surface area contributed by atoms with Crippen LogP contribution < -0.4 is 0 Å². The van der Waals surface area contributed by atoms with Crippen molar-refractivity contribution in [1.82, 2.24) is 4.90 Å². The lowest BCUT2D eigenvalue weighted by molar-refractivity contribution is 0.0494. The topological polar surface area (TPSA) is 57.6 Å². The first-order valence-corrected chi connectivity index (χ1v) is 5.82. The summed E-state index contributed by atoms with van der Waals surface area (Å²) in [4.78, 5) is 25.1. The van der Waals surface area contributed by atoms with Crippen molar-refractivity contribution < 1.29 is 14.7 Å². The van der Waals surface area contributed by atoms with E-state index in [-0.39, 0.29) is 24.3 Å². The van der Waals surface area contributed by atoms with E-state index in [2.05, 4.69) is 6.58 Å². The molecule has 2 unspecified atom stereocenters. The Morgan fingerprint density at radius 1 is 1.28 bits per heavy atom. The minimum Gasteiger partial charge on any atom is -0.391 e. The van der Waals surface area contributed by atoms with E-state index in [0.717, 1.165) is 4.90 Å². The fourth-order valence-electron chi connectivity index (χ4n) is 1.92. The first-order valence-electron chi connectivity index (χ1n) is 5.82. The maximum Gasteiger partial charge on any atom is 0.261 e. The van der Waals surface area contributed by atoms with Crippen LogP contribution in [-0.4, -0.2) is 34.5 Å². The van der Waals surface area contributed by atoms with Gasteiger partial charge in [-0.25, -0.2) is 0 Å². The molecule has 1 aliphatic heterocycles. The zero-order chi connectivity index (χ0) is 13.3. The lowest BCUT2D eigenvalue weighted by Crippen LogP contribution is -2.39. The minimum atomic E-state index is -0.787. The summed E-state index contributed by atoms with van der Waals surface area (Å²) < 4.78 is 0. The summed E-state index contributed by atoms with van der Waals surface area (Å²) in [6.07, 6.45) is 0.813. The standard InChI is InChI=1S/C14H15NO3/c1-3-9(2)12(16)8-15-13(17)10-6-4-5-7-11(10)14(15)18/h3-7,9,12,16H,1,8H2,2H3. The Bertz CT molecular complexity index is 475. The van der Waals surface area contributed by atoms with Crippen molar-refractivity contribution >= 4 is 11.8 Å². The summed E-state index contributed by atoms with van der Waals surface area (Å²) in [5.41, 5.74) is 0.807. The van der Waals surface area contributed by atoms with Gasteiger partial charge in [0.05, 0.1) is 23.8 Å². The van der Waals surface area contributed by atoms with Crippen LogP contribution in [0, 0.1) is 5.92 Å². The SMILES string of the molecule is C=CC(C)C(O)CN1C(=O)c2ccccc2C1=O. The van der Waals surface area contributed by atoms with E-state index in [0.29, 0.717) is 11.1 Å². The number of nitrogens with zero attached hydrogens (tertiary/aromatic N) is 1. The van der Waals surface area contributed by atoms with E-state index in [1.54, 1.807) is 37.3 Å². The summed E-state index contributed by atoms with van der Waals surface area (Å²) >= 11 is 0. The summed E-state index contributed by atoms with van der Waals surface area (Å²) in [5, 5.41) is 9.88. The monoisotopic (exact) mass is 245 g/mol. The number of rotatable bonds is 4. The number of carbonyl (C=O) groups excluding carboxylic acids is 2. The van der Waals surface area contributed by atoms with E-state index in [9.17, 15) is 14.7 Å². The number of benzene rings is 1. The molecule has 94 valence electrons. The van der Waals surface area contributed by atoms with E-state index in [1.165, 1.54) is 0 Å². The van der Waals surface area contributed by atoms with Crippen LogP contribution in [0.5, 0.6) is 0 Å². The molecular formula is C14H15NO3. The second kappa shape index (κ2) is 4.74. The fraction of sp³-hybridized carbons (Fsp3) is 0.286. The second-order valence-electron chi connectivity index (χ2n) is 4.43. The number of aliphatic hydroxyl groups excluding tert-OH is 1. The van der Waals surface area contributed by atoms with Crippen molar-refractivity contribution in [2.24, 2.45) is 5.92 Å². The third kappa shape index (κ3) is 1.95. The number of imide groups is 1. The normalized spacial score (nSPS) is 17.6. The summed E-state index contributed by atoms with van der Waals surface area (Å²) in [6, 6.07) is 6.68. The van der Waals surface area contributed by atoms with Gasteiger partial charge in [-0.1, -0.05) is 25.1 Å². The first kappa shape index (κ1) is 12.5. The van der Waals surface area contributed by atoms with E-state index in [1.807, 2.05) is 0 Å². The number of fused-ring (bicyclic) bond motifs is 1. The fourth-order valence-corrected chi connectivity index (χ4v) is 1.92. The molecule has 0 spiro atoms. The summed E-state index contributed by atoms with van der Waals surface area (Å²) in [6.45, 7) is 5.37. The molecule has 0 saturated carbocycles. The number of β-amino-alcohol motifs (C(OH)–C–C–N with tert-alkyl or cyclic N) is 1. The molecule has 0 saturated heterocycles. The predicted octanol–water partition coefficient (Wildman–Crippen LogP) is 1.47. The molecule has 2 amide bonds. The van der Waals surface area contributed by atoms with Gasteiger partial charge in [0.1, 0.15) is 0 Å². The molecule has 2 rings (SSSR count). The van der Waals surface area contributed by atoms with Gasteiger partial charge >= 0.3 is 0 Å². The molecule has 0 bridgehead atoms. The number of aliphatic hydroxyl groups is 1. The van der Waals surface area contributed by atoms with E-state index in [4.69, 9.17) is 0 Å². The van der Waals surface area contributed by atoms with Crippen molar-refractivity contribution in [3.63, 3.8) is 0 Å². The molecule has 1 aromatic carbocycles. The van der Waals surface area contributed by atoms with Crippen molar-refractivity contribution in [1.29, 1.82) is 0 Å². The molecule has 4 nitrogen and oxygen atoms in total. The van der Waals surface area contributed by atoms with Crippen LogP contribution in [0.4, 0.5) is 0 Å². The molecule has 1 N–H and O–H groups in total. The molecular weight excluding hydrogens is 230 g/mol. The predicted molar refractivity (Wildman–Crippen MR) is 67.2 cm³/mol. The molecule has 1 aromatic rings. The molecule has 0 radical (unpaired) electrons. The van der Waals surface area contributed by atoms with E-state index >= 15 is 0 Å². The van der Waals surface area contributed by atoms with Crippen molar-refractivity contribution in [3.8, 4) is 0 Å². The van der Waals surface area contributed by atoms with Gasteiger partial charge in [0, 0.05) is 5.92 Å². The van der Waals surface area contributed by atoms with Gasteiger partial charge in [-0.2, -0.15) is 0 Å². The Kier molecular flexibility index (Phi) is 3.30. The average Bonchev–Trinajstić information content (AvgIpc) is 2.63. The highest BCUT2D eigenvalue weighted by Crippen LogP contribution is 2.23. The molecule has 0 aromatic heterocycles. The summed E-state index contributed by atoms with van der Waals surface area (Å²) in [7, 11) is 0. The zero-order valence-corrected chi connectivity index (χ0v) is 10.2. The highest BCUT2D eigenvalue weighted by atomic mass is 16.3. The Morgan fingerprint density at radius 2 is 1.78 bits per heavy atom. The van der Waals surface area contributed by atoms with E-state index < -0.39 is 6.10 Å². The largest absolute Gasteiger partial charge is 0.391 e. The number of hydrogen-bond donors (Lipinski definition) is 1. The van der Waals surface area contributed by atoms with Gasteiger partial charge < -0.3 is 5.11 Å². The third-order valence-corrected chi connectivity index (χ3v) is 3.23. The van der Waals surface area contributed by atoms with Crippen LogP contribution in [-0.2, 0) is 0 Å². The Labute approximate surface area is 106 Å². The van der Waals surface area contributed by atoms with Crippen LogP contribution >= 0.6 is 0 Å². The van der Waals surface area contributed by atoms with Gasteiger partial charge in [-0.3, -0.25) is 14.5 Å². The quantitative estimate of drug-likeness (QED) is 0.645. The van der Waals surface area contributed by atoms with Crippen LogP contribution in [0.15, 0.2) is 36.9 Å². The molecule has 2 atom stereocenters.